The molecule has 3 rings (SSSR count). The van der Waals surface area contributed by atoms with E-state index >= 15 is 0 Å². The van der Waals surface area contributed by atoms with E-state index in [4.69, 9.17) is 4.42 Å². The number of likely N-dealkylation sites (tertiary alicyclic amines) is 1. The lowest BCUT2D eigenvalue weighted by molar-refractivity contribution is -0.143. The molecule has 134 valence electrons. The fourth-order valence-electron chi connectivity index (χ4n) is 3.54. The minimum Gasteiger partial charge on any atom is -0.469 e. The van der Waals surface area contributed by atoms with Gasteiger partial charge in [-0.2, -0.15) is 5.10 Å². The van der Waals surface area contributed by atoms with Crippen LogP contribution in [0.4, 0.5) is 0 Å². The zero-order valence-corrected chi connectivity index (χ0v) is 14.6. The van der Waals surface area contributed by atoms with Crippen molar-refractivity contribution in [2.75, 3.05) is 13.1 Å². The van der Waals surface area contributed by atoms with Gasteiger partial charge in [-0.25, -0.2) is 0 Å². The van der Waals surface area contributed by atoms with Gasteiger partial charge in [0.15, 0.2) is 0 Å². The Bertz CT molecular complexity index is 723. The van der Waals surface area contributed by atoms with Crippen LogP contribution in [-0.4, -0.2) is 39.6 Å². The number of nitrogens with one attached hydrogen (secondary N) is 1. The lowest BCUT2D eigenvalue weighted by Gasteiger charge is -2.40. The van der Waals surface area contributed by atoms with E-state index in [2.05, 4.69) is 10.4 Å². The van der Waals surface area contributed by atoms with Crippen molar-refractivity contribution in [2.24, 2.45) is 13.0 Å². The Morgan fingerprint density at radius 3 is 2.92 bits per heavy atom. The number of rotatable bonds is 6. The summed E-state index contributed by atoms with van der Waals surface area (Å²) in [5, 5.41) is 7.20. The topological polar surface area (TPSA) is 80.4 Å². The van der Waals surface area contributed by atoms with E-state index < -0.39 is 0 Å². The van der Waals surface area contributed by atoms with Gasteiger partial charge in [0.2, 0.25) is 11.8 Å². The third-order valence-electron chi connectivity index (χ3n) is 4.80. The number of hydrogen-bond donors (Lipinski definition) is 1. The molecule has 3 heterocycles. The Morgan fingerprint density at radius 1 is 1.44 bits per heavy atom. The number of furan rings is 1. The molecule has 0 saturated carbocycles. The second kappa shape index (κ2) is 7.55. The number of amides is 2. The van der Waals surface area contributed by atoms with Crippen LogP contribution in [0.3, 0.4) is 0 Å². The van der Waals surface area contributed by atoms with Gasteiger partial charge in [-0.1, -0.05) is 0 Å². The molecular weight excluding hydrogens is 320 g/mol. The van der Waals surface area contributed by atoms with Gasteiger partial charge in [-0.3, -0.25) is 14.3 Å². The highest BCUT2D eigenvalue weighted by Gasteiger charge is 2.41. The maximum Gasteiger partial charge on any atom is 0.225 e. The molecule has 0 radical (unpaired) electrons. The predicted octanol–water partition coefficient (Wildman–Crippen LogP) is 1.67. The van der Waals surface area contributed by atoms with Crippen molar-refractivity contribution in [3.8, 4) is 0 Å². The smallest absolute Gasteiger partial charge is 0.225 e. The molecule has 0 aliphatic carbocycles. The molecule has 0 spiro atoms. The molecule has 1 aliphatic rings. The van der Waals surface area contributed by atoms with E-state index in [0.29, 0.717) is 32.4 Å². The number of carbonyl (C=O) groups is 2. The standard InChI is InChI=1S/C18H24N4O3/c1-3-22-16(23)7-6-14(17(22)15-9-11-20-21(15)2)18(24)19-10-8-13-5-4-12-25-13/h4-5,9,11-12,14,17H,3,6-8,10H2,1-2H3,(H,19,24)/t14-,17-/m0/s1. The van der Waals surface area contributed by atoms with Crippen LogP contribution in [0.2, 0.25) is 0 Å². The average Bonchev–Trinajstić information content (AvgIpc) is 3.26. The van der Waals surface area contributed by atoms with E-state index in [1.807, 2.05) is 32.2 Å². The van der Waals surface area contributed by atoms with E-state index in [1.54, 1.807) is 22.0 Å². The Balaban J connectivity index is 1.73. The summed E-state index contributed by atoms with van der Waals surface area (Å²) < 4.78 is 7.03. The third-order valence-corrected chi connectivity index (χ3v) is 4.80. The highest BCUT2D eigenvalue weighted by atomic mass is 16.3. The number of hydrogen-bond acceptors (Lipinski definition) is 4. The molecule has 2 atom stereocenters. The molecule has 1 saturated heterocycles. The van der Waals surface area contributed by atoms with Crippen molar-refractivity contribution in [3.63, 3.8) is 0 Å². The molecule has 1 fully saturated rings. The largest absolute Gasteiger partial charge is 0.469 e. The van der Waals surface area contributed by atoms with Crippen LogP contribution >= 0.6 is 0 Å². The zero-order valence-electron chi connectivity index (χ0n) is 14.6. The second-order valence-electron chi connectivity index (χ2n) is 6.27. The van der Waals surface area contributed by atoms with E-state index in [9.17, 15) is 9.59 Å². The van der Waals surface area contributed by atoms with Crippen molar-refractivity contribution in [1.82, 2.24) is 20.0 Å². The second-order valence-corrected chi connectivity index (χ2v) is 6.27. The number of aromatic nitrogens is 2. The van der Waals surface area contributed by atoms with Gasteiger partial charge >= 0.3 is 0 Å². The number of nitrogens with zero attached hydrogens (tertiary/aromatic N) is 3. The van der Waals surface area contributed by atoms with Crippen molar-refractivity contribution in [3.05, 3.63) is 42.1 Å². The lowest BCUT2D eigenvalue weighted by Crippen LogP contribution is -2.48. The van der Waals surface area contributed by atoms with Crippen molar-refractivity contribution >= 4 is 11.8 Å². The Morgan fingerprint density at radius 2 is 2.28 bits per heavy atom. The van der Waals surface area contributed by atoms with Gasteiger partial charge < -0.3 is 14.6 Å². The molecule has 2 aromatic heterocycles. The van der Waals surface area contributed by atoms with Crippen LogP contribution in [0.25, 0.3) is 0 Å². The van der Waals surface area contributed by atoms with Crippen LogP contribution in [-0.2, 0) is 23.1 Å². The highest BCUT2D eigenvalue weighted by molar-refractivity contribution is 5.84. The number of aryl methyl sites for hydroxylation is 1. The highest BCUT2D eigenvalue weighted by Crippen LogP contribution is 2.36. The van der Waals surface area contributed by atoms with Gasteiger partial charge in [0.05, 0.1) is 23.9 Å². The zero-order chi connectivity index (χ0) is 17.8. The fourth-order valence-corrected chi connectivity index (χ4v) is 3.54. The molecule has 7 nitrogen and oxygen atoms in total. The van der Waals surface area contributed by atoms with Crippen molar-refractivity contribution in [2.45, 2.75) is 32.2 Å². The average molecular weight is 344 g/mol. The van der Waals surface area contributed by atoms with Gasteiger partial charge in [0.25, 0.3) is 0 Å². The van der Waals surface area contributed by atoms with Crippen LogP contribution < -0.4 is 5.32 Å². The fraction of sp³-hybridized carbons (Fsp3) is 0.500. The molecule has 0 unspecified atom stereocenters. The Labute approximate surface area is 147 Å². The molecule has 0 aromatic carbocycles. The summed E-state index contributed by atoms with van der Waals surface area (Å²) >= 11 is 0. The van der Waals surface area contributed by atoms with E-state index in [1.165, 1.54) is 0 Å². The molecule has 7 heteroatoms. The van der Waals surface area contributed by atoms with Crippen LogP contribution in [0.5, 0.6) is 0 Å². The maximum absolute atomic E-state index is 12.8. The summed E-state index contributed by atoms with van der Waals surface area (Å²) in [5.74, 6) is 0.638. The van der Waals surface area contributed by atoms with Gasteiger partial charge in [-0.05, 0) is 31.5 Å². The summed E-state index contributed by atoms with van der Waals surface area (Å²) in [6.45, 7) is 3.03. The summed E-state index contributed by atoms with van der Waals surface area (Å²) in [5.41, 5.74) is 0.890. The van der Waals surface area contributed by atoms with Crippen LogP contribution in [0, 0.1) is 5.92 Å². The molecule has 2 aromatic rings. The van der Waals surface area contributed by atoms with Crippen molar-refractivity contribution < 1.29 is 14.0 Å². The molecule has 2 amide bonds. The van der Waals surface area contributed by atoms with Crippen LogP contribution in [0.15, 0.2) is 35.1 Å². The molecule has 25 heavy (non-hydrogen) atoms. The molecule has 1 aliphatic heterocycles. The molecule has 0 bridgehead atoms. The van der Waals surface area contributed by atoms with Gasteiger partial charge in [0.1, 0.15) is 5.76 Å². The van der Waals surface area contributed by atoms with Crippen LogP contribution in [0.1, 0.15) is 37.3 Å². The summed E-state index contributed by atoms with van der Waals surface area (Å²) in [6, 6.07) is 5.33. The van der Waals surface area contributed by atoms with Gasteiger partial charge in [-0.15, -0.1) is 0 Å². The van der Waals surface area contributed by atoms with E-state index in [0.717, 1.165) is 11.5 Å². The minimum absolute atomic E-state index is 0.0243. The number of piperidine rings is 1. The predicted molar refractivity (Wildman–Crippen MR) is 91.5 cm³/mol. The third kappa shape index (κ3) is 3.60. The first-order chi connectivity index (χ1) is 12.1. The Hall–Kier alpha value is -2.57. The molecular formula is C18H24N4O3. The Kier molecular flexibility index (Phi) is 5.21. The van der Waals surface area contributed by atoms with Gasteiger partial charge in [0, 0.05) is 39.2 Å². The first-order valence-corrected chi connectivity index (χ1v) is 8.69. The van der Waals surface area contributed by atoms with Crippen molar-refractivity contribution in [1.29, 1.82) is 0 Å². The molecule has 1 N–H and O–H groups in total. The minimum atomic E-state index is -0.276. The SMILES string of the molecule is CCN1C(=O)CC[C@H](C(=O)NCCc2ccco2)[C@H]1c1ccnn1C. The summed E-state index contributed by atoms with van der Waals surface area (Å²) in [6.07, 6.45) is 4.93. The summed E-state index contributed by atoms with van der Waals surface area (Å²) in [7, 11) is 1.84. The quantitative estimate of drug-likeness (QED) is 0.864. The normalized spacial score (nSPS) is 20.7. The van der Waals surface area contributed by atoms with E-state index in [-0.39, 0.29) is 23.8 Å². The first kappa shape index (κ1) is 17.3. The monoisotopic (exact) mass is 344 g/mol. The number of carbonyl (C=O) groups excluding carboxylic acids is 2. The maximum atomic E-state index is 12.8. The summed E-state index contributed by atoms with van der Waals surface area (Å²) in [4.78, 5) is 26.9. The lowest BCUT2D eigenvalue weighted by atomic mass is 9.85. The first-order valence-electron chi connectivity index (χ1n) is 8.69.